The molecule has 1 saturated carbocycles. The van der Waals surface area contributed by atoms with Gasteiger partial charge < -0.3 is 15.7 Å². The summed E-state index contributed by atoms with van der Waals surface area (Å²) in [5.41, 5.74) is 6.04. The molecule has 88 valence electrons. The number of aliphatic hydroxyl groups excluding tert-OH is 1. The van der Waals surface area contributed by atoms with E-state index in [-0.39, 0.29) is 0 Å². The molecule has 3 heteroatoms. The quantitative estimate of drug-likeness (QED) is 0.728. The Kier molecular flexibility index (Phi) is 3.65. The third-order valence-electron chi connectivity index (χ3n) is 4.40. The molecule has 0 radical (unpaired) electrons. The van der Waals surface area contributed by atoms with Crippen LogP contribution in [-0.2, 0) is 0 Å². The highest BCUT2D eigenvalue weighted by molar-refractivity contribution is 4.97. The van der Waals surface area contributed by atoms with Crippen LogP contribution in [0, 0.1) is 11.3 Å². The zero-order valence-corrected chi connectivity index (χ0v) is 9.62. The molecule has 1 heterocycles. The number of likely N-dealkylation sites (tertiary alicyclic amines) is 1. The summed E-state index contributed by atoms with van der Waals surface area (Å²) >= 11 is 0. The summed E-state index contributed by atoms with van der Waals surface area (Å²) in [5.74, 6) is 0.504. The average molecular weight is 212 g/mol. The SMILES string of the molecule is NCCN1C[C@@H](CO)C2(CCCCC2)C1. The molecule has 0 aromatic rings. The maximum absolute atomic E-state index is 9.51. The number of rotatable bonds is 3. The van der Waals surface area contributed by atoms with Gasteiger partial charge >= 0.3 is 0 Å². The molecule has 2 aliphatic rings. The van der Waals surface area contributed by atoms with Crippen molar-refractivity contribution < 1.29 is 5.11 Å². The minimum atomic E-state index is 0.362. The van der Waals surface area contributed by atoms with E-state index in [4.69, 9.17) is 5.73 Å². The Balaban J connectivity index is 2.02. The summed E-state index contributed by atoms with van der Waals surface area (Å²) in [4.78, 5) is 2.45. The van der Waals surface area contributed by atoms with E-state index in [0.717, 1.165) is 19.6 Å². The van der Waals surface area contributed by atoms with Crippen LogP contribution >= 0.6 is 0 Å². The Hall–Kier alpha value is -0.120. The maximum atomic E-state index is 9.51. The lowest BCUT2D eigenvalue weighted by atomic mass is 9.68. The van der Waals surface area contributed by atoms with Crippen molar-refractivity contribution in [1.82, 2.24) is 4.90 Å². The van der Waals surface area contributed by atoms with E-state index in [0.29, 0.717) is 17.9 Å². The molecule has 0 aromatic heterocycles. The molecule has 15 heavy (non-hydrogen) atoms. The Morgan fingerprint density at radius 3 is 2.60 bits per heavy atom. The van der Waals surface area contributed by atoms with Crippen LogP contribution in [0.3, 0.4) is 0 Å². The molecule has 1 aliphatic heterocycles. The number of nitrogens with zero attached hydrogens (tertiary/aromatic N) is 1. The Labute approximate surface area is 92.6 Å². The summed E-state index contributed by atoms with van der Waals surface area (Å²) in [6, 6.07) is 0. The van der Waals surface area contributed by atoms with Crippen LogP contribution in [-0.4, -0.2) is 42.8 Å². The molecule has 1 spiro atoms. The van der Waals surface area contributed by atoms with Crippen molar-refractivity contribution in [2.75, 3.05) is 32.8 Å². The van der Waals surface area contributed by atoms with Crippen molar-refractivity contribution in [3.05, 3.63) is 0 Å². The molecule has 3 N–H and O–H groups in total. The van der Waals surface area contributed by atoms with Gasteiger partial charge in [-0.15, -0.1) is 0 Å². The van der Waals surface area contributed by atoms with E-state index in [9.17, 15) is 5.11 Å². The largest absolute Gasteiger partial charge is 0.396 e. The van der Waals surface area contributed by atoms with Crippen LogP contribution in [0.5, 0.6) is 0 Å². The molecular weight excluding hydrogens is 188 g/mol. The van der Waals surface area contributed by atoms with Crippen LogP contribution < -0.4 is 5.73 Å². The second-order valence-electron chi connectivity index (χ2n) is 5.33. The molecule has 0 amide bonds. The number of nitrogens with two attached hydrogens (primary N) is 1. The van der Waals surface area contributed by atoms with E-state index in [1.807, 2.05) is 0 Å². The molecule has 1 atom stereocenters. The van der Waals surface area contributed by atoms with Crippen LogP contribution in [0.4, 0.5) is 0 Å². The lowest BCUT2D eigenvalue weighted by Gasteiger charge is -2.37. The van der Waals surface area contributed by atoms with E-state index in [1.54, 1.807) is 0 Å². The summed E-state index contributed by atoms with van der Waals surface area (Å²) < 4.78 is 0. The predicted octanol–water partition coefficient (Wildman–Crippen LogP) is 0.820. The summed E-state index contributed by atoms with van der Waals surface area (Å²) in [7, 11) is 0. The monoisotopic (exact) mass is 212 g/mol. The maximum Gasteiger partial charge on any atom is 0.0477 e. The second kappa shape index (κ2) is 4.81. The van der Waals surface area contributed by atoms with E-state index >= 15 is 0 Å². The van der Waals surface area contributed by atoms with Gasteiger partial charge in [-0.3, -0.25) is 0 Å². The first-order valence-corrected chi connectivity index (χ1v) is 6.34. The van der Waals surface area contributed by atoms with Gasteiger partial charge in [0.05, 0.1) is 0 Å². The third kappa shape index (κ3) is 2.19. The Bertz CT molecular complexity index is 202. The standard InChI is InChI=1S/C12H24N2O/c13-6-7-14-8-11(9-15)12(10-14)4-2-1-3-5-12/h11,15H,1-10,13H2/t11-/m0/s1. The topological polar surface area (TPSA) is 49.5 Å². The van der Waals surface area contributed by atoms with Gasteiger partial charge in [0, 0.05) is 38.7 Å². The van der Waals surface area contributed by atoms with Gasteiger partial charge in [0.15, 0.2) is 0 Å². The molecule has 2 fully saturated rings. The van der Waals surface area contributed by atoms with Crippen LogP contribution in [0.1, 0.15) is 32.1 Å². The normalized spacial score (nSPS) is 31.2. The highest BCUT2D eigenvalue weighted by Crippen LogP contribution is 2.47. The van der Waals surface area contributed by atoms with Crippen LogP contribution in [0.2, 0.25) is 0 Å². The van der Waals surface area contributed by atoms with E-state index in [2.05, 4.69) is 4.90 Å². The zero-order valence-electron chi connectivity index (χ0n) is 9.62. The Morgan fingerprint density at radius 2 is 2.00 bits per heavy atom. The molecule has 3 nitrogen and oxygen atoms in total. The van der Waals surface area contributed by atoms with Gasteiger partial charge in [-0.05, 0) is 18.3 Å². The average Bonchev–Trinajstić information content (AvgIpc) is 2.58. The fourth-order valence-corrected chi connectivity index (χ4v) is 3.57. The minimum absolute atomic E-state index is 0.362. The van der Waals surface area contributed by atoms with Gasteiger partial charge in [-0.2, -0.15) is 0 Å². The van der Waals surface area contributed by atoms with Gasteiger partial charge in [-0.1, -0.05) is 19.3 Å². The highest BCUT2D eigenvalue weighted by Gasteiger charge is 2.45. The minimum Gasteiger partial charge on any atom is -0.396 e. The number of aliphatic hydroxyl groups is 1. The first kappa shape index (κ1) is 11.4. The first-order chi connectivity index (χ1) is 7.30. The summed E-state index contributed by atoms with van der Waals surface area (Å²) in [6.07, 6.45) is 6.73. The van der Waals surface area contributed by atoms with E-state index < -0.39 is 0 Å². The van der Waals surface area contributed by atoms with Gasteiger partial charge in [-0.25, -0.2) is 0 Å². The van der Waals surface area contributed by atoms with Gasteiger partial charge in [0.25, 0.3) is 0 Å². The van der Waals surface area contributed by atoms with Gasteiger partial charge in [0.1, 0.15) is 0 Å². The third-order valence-corrected chi connectivity index (χ3v) is 4.40. The first-order valence-electron chi connectivity index (χ1n) is 6.34. The molecule has 2 rings (SSSR count). The lowest BCUT2D eigenvalue weighted by Crippen LogP contribution is -2.35. The fraction of sp³-hybridized carbons (Fsp3) is 1.00. The number of hydrogen-bond donors (Lipinski definition) is 2. The van der Waals surface area contributed by atoms with Crippen molar-refractivity contribution >= 4 is 0 Å². The molecular formula is C12H24N2O. The Morgan fingerprint density at radius 1 is 1.27 bits per heavy atom. The highest BCUT2D eigenvalue weighted by atomic mass is 16.3. The smallest absolute Gasteiger partial charge is 0.0477 e. The zero-order chi connectivity index (χ0) is 10.7. The summed E-state index contributed by atoms with van der Waals surface area (Å²) in [5, 5.41) is 9.51. The second-order valence-corrected chi connectivity index (χ2v) is 5.33. The van der Waals surface area contributed by atoms with Crippen molar-refractivity contribution in [1.29, 1.82) is 0 Å². The molecule has 0 bridgehead atoms. The van der Waals surface area contributed by atoms with Crippen molar-refractivity contribution in [3.63, 3.8) is 0 Å². The lowest BCUT2D eigenvalue weighted by molar-refractivity contribution is 0.0917. The molecule has 1 saturated heterocycles. The predicted molar refractivity (Wildman–Crippen MR) is 61.6 cm³/mol. The number of hydrogen-bond acceptors (Lipinski definition) is 3. The van der Waals surface area contributed by atoms with Gasteiger partial charge in [0.2, 0.25) is 0 Å². The van der Waals surface area contributed by atoms with Crippen molar-refractivity contribution in [2.45, 2.75) is 32.1 Å². The van der Waals surface area contributed by atoms with Crippen molar-refractivity contribution in [3.8, 4) is 0 Å². The molecule has 0 aromatic carbocycles. The molecule has 1 aliphatic carbocycles. The summed E-state index contributed by atoms with van der Waals surface area (Å²) in [6.45, 7) is 4.34. The van der Waals surface area contributed by atoms with Crippen LogP contribution in [0.15, 0.2) is 0 Å². The van der Waals surface area contributed by atoms with E-state index in [1.165, 1.54) is 38.6 Å². The fourth-order valence-electron chi connectivity index (χ4n) is 3.57. The van der Waals surface area contributed by atoms with Crippen LogP contribution in [0.25, 0.3) is 0 Å². The molecule has 0 unspecified atom stereocenters. The van der Waals surface area contributed by atoms with Crippen molar-refractivity contribution in [2.24, 2.45) is 17.1 Å².